The summed E-state index contributed by atoms with van der Waals surface area (Å²) in [6.45, 7) is 2.36. The van der Waals surface area contributed by atoms with Crippen LogP contribution in [0.3, 0.4) is 0 Å². The Balaban J connectivity index is 1.38. The van der Waals surface area contributed by atoms with Crippen molar-refractivity contribution in [1.82, 2.24) is 4.90 Å². The molecule has 2 fully saturated rings. The zero-order valence-corrected chi connectivity index (χ0v) is 22.3. The third-order valence-corrected chi connectivity index (χ3v) is 8.17. The van der Waals surface area contributed by atoms with Gasteiger partial charge >= 0.3 is 5.97 Å². The molecule has 0 aromatic heterocycles. The van der Waals surface area contributed by atoms with E-state index in [0.29, 0.717) is 19.4 Å². The second kappa shape index (κ2) is 13.8. The van der Waals surface area contributed by atoms with Gasteiger partial charge in [-0.2, -0.15) is 11.8 Å². The summed E-state index contributed by atoms with van der Waals surface area (Å²) < 4.78 is 11.6. The van der Waals surface area contributed by atoms with E-state index < -0.39 is 5.97 Å². The number of ether oxygens (including phenoxy) is 2. The largest absolute Gasteiger partial charge is 0.497 e. The number of allylic oxidation sites excluding steroid dienone is 2. The van der Waals surface area contributed by atoms with Gasteiger partial charge in [0.1, 0.15) is 5.75 Å². The standard InChI is InChI=1S/C30H37NO5S/c1-35-25-14-12-24(13-15-25)23-10-8-22(9-11-23)21-36-28-20-27(32)30(31-16-18-37-19-17-31)26(28)6-4-2-3-5-7-29(33)34/h2,4,8-15,26,28,30H,3,5-7,16-21H2,1H3,(H,33,34)/b4-2-/t26-,28-,30+/m0/s1. The summed E-state index contributed by atoms with van der Waals surface area (Å²) in [6.07, 6.45) is 6.85. The Morgan fingerprint density at radius 2 is 1.73 bits per heavy atom. The van der Waals surface area contributed by atoms with Crippen LogP contribution >= 0.6 is 11.8 Å². The smallest absolute Gasteiger partial charge is 0.303 e. The number of benzene rings is 2. The molecular weight excluding hydrogens is 486 g/mol. The van der Waals surface area contributed by atoms with Crippen molar-refractivity contribution < 1.29 is 24.2 Å². The molecule has 4 rings (SSSR count). The van der Waals surface area contributed by atoms with E-state index in [1.54, 1.807) is 7.11 Å². The lowest BCUT2D eigenvalue weighted by Crippen LogP contribution is -2.47. The third-order valence-electron chi connectivity index (χ3n) is 7.23. The number of hydrogen-bond donors (Lipinski definition) is 1. The Hall–Kier alpha value is -2.61. The second-order valence-corrected chi connectivity index (χ2v) is 10.9. The summed E-state index contributed by atoms with van der Waals surface area (Å²) in [4.78, 5) is 26.2. The highest BCUT2D eigenvalue weighted by molar-refractivity contribution is 7.99. The first-order chi connectivity index (χ1) is 18.0. The fourth-order valence-corrected chi connectivity index (χ4v) is 6.16. The van der Waals surface area contributed by atoms with Crippen molar-refractivity contribution in [2.45, 2.75) is 50.9 Å². The van der Waals surface area contributed by atoms with E-state index in [-0.39, 0.29) is 30.3 Å². The molecule has 2 aromatic carbocycles. The topological polar surface area (TPSA) is 76.1 Å². The van der Waals surface area contributed by atoms with Crippen molar-refractivity contribution in [3.05, 3.63) is 66.2 Å². The molecule has 2 aromatic rings. The van der Waals surface area contributed by atoms with Gasteiger partial charge in [-0.3, -0.25) is 14.5 Å². The first-order valence-electron chi connectivity index (χ1n) is 13.1. The summed E-state index contributed by atoms with van der Waals surface area (Å²) in [5.74, 6) is 2.61. The van der Waals surface area contributed by atoms with Crippen molar-refractivity contribution in [3.8, 4) is 16.9 Å². The summed E-state index contributed by atoms with van der Waals surface area (Å²) in [6, 6.07) is 16.3. The highest BCUT2D eigenvalue weighted by Crippen LogP contribution is 2.35. The number of carboxylic acid groups (broad SMARTS) is 1. The predicted octanol–water partition coefficient (Wildman–Crippen LogP) is 5.46. The van der Waals surface area contributed by atoms with Crippen molar-refractivity contribution in [2.75, 3.05) is 31.7 Å². The molecule has 3 atom stereocenters. The van der Waals surface area contributed by atoms with Crippen LogP contribution in [-0.2, 0) is 20.9 Å². The SMILES string of the molecule is COc1ccc(-c2ccc(CO[C@H]3CC(=O)[C@H](N4CCSCC4)[C@H]3C/C=C\CCCC(=O)O)cc2)cc1. The van der Waals surface area contributed by atoms with Crippen LogP contribution in [0.1, 0.15) is 37.7 Å². The van der Waals surface area contributed by atoms with Crippen LogP contribution in [0.15, 0.2) is 60.7 Å². The molecular formula is C30H37NO5S. The van der Waals surface area contributed by atoms with E-state index in [1.165, 1.54) is 0 Å². The van der Waals surface area contributed by atoms with Crippen LogP contribution in [0.4, 0.5) is 0 Å². The molecule has 1 aliphatic carbocycles. The van der Waals surface area contributed by atoms with Gasteiger partial charge in [0, 0.05) is 43.4 Å². The monoisotopic (exact) mass is 523 g/mol. The molecule has 1 saturated heterocycles. The minimum absolute atomic E-state index is 0.0907. The molecule has 1 saturated carbocycles. The molecule has 0 unspecified atom stereocenters. The maximum atomic E-state index is 13.1. The van der Waals surface area contributed by atoms with Gasteiger partial charge in [-0.1, -0.05) is 48.6 Å². The first-order valence-corrected chi connectivity index (χ1v) is 14.3. The summed E-state index contributed by atoms with van der Waals surface area (Å²) in [7, 11) is 1.67. The van der Waals surface area contributed by atoms with Gasteiger partial charge in [-0.25, -0.2) is 0 Å². The zero-order chi connectivity index (χ0) is 26.0. The molecule has 1 N–H and O–H groups in total. The van der Waals surface area contributed by atoms with E-state index in [0.717, 1.165) is 59.9 Å². The van der Waals surface area contributed by atoms with E-state index in [4.69, 9.17) is 14.6 Å². The van der Waals surface area contributed by atoms with Gasteiger partial charge in [-0.15, -0.1) is 0 Å². The van der Waals surface area contributed by atoms with Gasteiger partial charge in [0.05, 0.1) is 25.9 Å². The second-order valence-electron chi connectivity index (χ2n) is 9.70. The molecule has 0 radical (unpaired) electrons. The Kier molecular flexibility index (Phi) is 10.2. The number of carboxylic acids is 1. The quantitative estimate of drug-likeness (QED) is 0.293. The fourth-order valence-electron chi connectivity index (χ4n) is 5.23. The summed E-state index contributed by atoms with van der Waals surface area (Å²) in [5, 5.41) is 8.84. The minimum Gasteiger partial charge on any atom is -0.497 e. The third kappa shape index (κ3) is 7.69. The highest BCUT2D eigenvalue weighted by Gasteiger charge is 2.45. The summed E-state index contributed by atoms with van der Waals surface area (Å²) in [5.41, 5.74) is 3.36. The van der Waals surface area contributed by atoms with Crippen LogP contribution in [0.25, 0.3) is 11.1 Å². The number of methoxy groups -OCH3 is 1. The van der Waals surface area contributed by atoms with Gasteiger partial charge < -0.3 is 14.6 Å². The number of thioether (sulfide) groups is 1. The molecule has 198 valence electrons. The van der Waals surface area contributed by atoms with Crippen LogP contribution in [-0.4, -0.2) is 65.6 Å². The number of unbranched alkanes of at least 4 members (excludes halogenated alkanes) is 1. The lowest BCUT2D eigenvalue weighted by Gasteiger charge is -2.35. The van der Waals surface area contributed by atoms with Crippen molar-refractivity contribution >= 4 is 23.5 Å². The molecule has 7 heteroatoms. The number of hydrogen-bond acceptors (Lipinski definition) is 6. The maximum Gasteiger partial charge on any atom is 0.303 e. The molecule has 37 heavy (non-hydrogen) atoms. The number of aliphatic carboxylic acids is 1. The molecule has 6 nitrogen and oxygen atoms in total. The van der Waals surface area contributed by atoms with Crippen molar-refractivity contribution in [1.29, 1.82) is 0 Å². The number of ketones is 1. The molecule has 1 aliphatic heterocycles. The number of carbonyl (C=O) groups is 2. The van der Waals surface area contributed by atoms with Crippen molar-refractivity contribution in [2.24, 2.45) is 5.92 Å². The van der Waals surface area contributed by atoms with Crippen LogP contribution in [0, 0.1) is 5.92 Å². The van der Waals surface area contributed by atoms with Gasteiger partial charge in [-0.05, 0) is 48.1 Å². The average molecular weight is 524 g/mol. The minimum atomic E-state index is -0.761. The number of nitrogens with zero attached hydrogens (tertiary/aromatic N) is 1. The van der Waals surface area contributed by atoms with Crippen LogP contribution < -0.4 is 4.74 Å². The Labute approximate surface area is 224 Å². The van der Waals surface area contributed by atoms with E-state index in [1.807, 2.05) is 36.0 Å². The lowest BCUT2D eigenvalue weighted by atomic mass is 9.95. The van der Waals surface area contributed by atoms with Crippen LogP contribution in [0.2, 0.25) is 0 Å². The molecule has 0 bridgehead atoms. The lowest BCUT2D eigenvalue weighted by molar-refractivity contribution is -0.137. The van der Waals surface area contributed by atoms with Gasteiger partial charge in [0.25, 0.3) is 0 Å². The van der Waals surface area contributed by atoms with Crippen LogP contribution in [0.5, 0.6) is 5.75 Å². The highest BCUT2D eigenvalue weighted by atomic mass is 32.2. The molecule has 0 amide bonds. The Morgan fingerprint density at radius 3 is 2.38 bits per heavy atom. The van der Waals surface area contributed by atoms with Gasteiger partial charge in [0.2, 0.25) is 0 Å². The normalized spacial score (nSPS) is 22.5. The fraction of sp³-hybridized carbons (Fsp3) is 0.467. The number of rotatable bonds is 12. The summed E-state index contributed by atoms with van der Waals surface area (Å²) >= 11 is 1.95. The maximum absolute atomic E-state index is 13.1. The van der Waals surface area contributed by atoms with E-state index in [9.17, 15) is 9.59 Å². The van der Waals surface area contributed by atoms with Crippen molar-refractivity contribution in [3.63, 3.8) is 0 Å². The number of Topliss-reactive ketones (excluding diaryl/α,β-unsaturated/α-hetero) is 1. The zero-order valence-electron chi connectivity index (χ0n) is 21.5. The van der Waals surface area contributed by atoms with E-state index >= 15 is 0 Å². The Bertz CT molecular complexity index is 1050. The average Bonchev–Trinajstić information content (AvgIpc) is 3.24. The van der Waals surface area contributed by atoms with Gasteiger partial charge in [0.15, 0.2) is 5.78 Å². The molecule has 2 aliphatic rings. The first kappa shape index (κ1) is 27.4. The number of carbonyl (C=O) groups excluding carboxylic acids is 1. The molecule has 0 spiro atoms. The Morgan fingerprint density at radius 1 is 1.05 bits per heavy atom. The van der Waals surface area contributed by atoms with E-state index in [2.05, 4.69) is 41.3 Å². The molecule has 1 heterocycles. The predicted molar refractivity (Wildman–Crippen MR) is 148 cm³/mol.